The Morgan fingerprint density at radius 2 is 2.38 bits per heavy atom. The SMILES string of the molecule is OCc1nc(Cc2ccco2)no1. The molecule has 2 aromatic rings. The molecule has 0 spiro atoms. The van der Waals surface area contributed by atoms with Gasteiger partial charge in [0, 0.05) is 0 Å². The Kier molecular flexibility index (Phi) is 2.09. The third-order valence-corrected chi connectivity index (χ3v) is 1.56. The maximum Gasteiger partial charge on any atom is 0.252 e. The van der Waals surface area contributed by atoms with E-state index in [-0.39, 0.29) is 12.5 Å². The molecule has 0 saturated heterocycles. The number of furan rings is 1. The topological polar surface area (TPSA) is 72.3 Å². The van der Waals surface area contributed by atoms with E-state index >= 15 is 0 Å². The number of aliphatic hydroxyl groups excluding tert-OH is 1. The van der Waals surface area contributed by atoms with Gasteiger partial charge in [-0.2, -0.15) is 4.98 Å². The minimum atomic E-state index is -0.231. The van der Waals surface area contributed by atoms with Gasteiger partial charge in [0.15, 0.2) is 5.82 Å². The minimum Gasteiger partial charge on any atom is -0.469 e. The Balaban J connectivity index is 2.10. The number of nitrogens with zero attached hydrogens (tertiary/aromatic N) is 2. The number of aliphatic hydroxyl groups is 1. The molecule has 0 aliphatic carbocycles. The third-order valence-electron chi connectivity index (χ3n) is 1.56. The van der Waals surface area contributed by atoms with E-state index in [4.69, 9.17) is 14.0 Å². The fraction of sp³-hybridized carbons (Fsp3) is 0.250. The van der Waals surface area contributed by atoms with Crippen LogP contribution in [0.2, 0.25) is 0 Å². The van der Waals surface area contributed by atoms with Crippen molar-refractivity contribution in [3.8, 4) is 0 Å². The van der Waals surface area contributed by atoms with Crippen molar-refractivity contribution in [2.45, 2.75) is 13.0 Å². The lowest BCUT2D eigenvalue weighted by atomic mass is 10.3. The van der Waals surface area contributed by atoms with Gasteiger partial charge in [-0.3, -0.25) is 0 Å². The van der Waals surface area contributed by atoms with Gasteiger partial charge >= 0.3 is 0 Å². The average Bonchev–Trinajstić information content (AvgIpc) is 2.76. The van der Waals surface area contributed by atoms with Crippen molar-refractivity contribution in [1.82, 2.24) is 10.1 Å². The second kappa shape index (κ2) is 3.40. The molecule has 5 nitrogen and oxygen atoms in total. The van der Waals surface area contributed by atoms with Crippen LogP contribution < -0.4 is 0 Å². The summed E-state index contributed by atoms with van der Waals surface area (Å²) in [6, 6.07) is 3.62. The summed E-state index contributed by atoms with van der Waals surface area (Å²) in [6.45, 7) is -0.231. The summed E-state index contributed by atoms with van der Waals surface area (Å²) in [4.78, 5) is 3.92. The van der Waals surface area contributed by atoms with Crippen LogP contribution in [0.25, 0.3) is 0 Å². The van der Waals surface area contributed by atoms with Crippen molar-refractivity contribution in [1.29, 1.82) is 0 Å². The molecular formula is C8H8N2O3. The highest BCUT2D eigenvalue weighted by Gasteiger charge is 2.06. The summed E-state index contributed by atoms with van der Waals surface area (Å²) in [5, 5.41) is 12.3. The van der Waals surface area contributed by atoms with Crippen LogP contribution in [0.5, 0.6) is 0 Å². The largest absolute Gasteiger partial charge is 0.469 e. The first kappa shape index (κ1) is 8.00. The van der Waals surface area contributed by atoms with E-state index in [0.717, 1.165) is 5.76 Å². The van der Waals surface area contributed by atoms with Crippen LogP contribution in [0.1, 0.15) is 17.5 Å². The molecular weight excluding hydrogens is 172 g/mol. The molecule has 0 aliphatic rings. The molecule has 13 heavy (non-hydrogen) atoms. The molecule has 0 unspecified atom stereocenters. The van der Waals surface area contributed by atoms with Crippen LogP contribution in [-0.4, -0.2) is 15.2 Å². The van der Waals surface area contributed by atoms with Gasteiger partial charge in [0.05, 0.1) is 12.7 Å². The van der Waals surface area contributed by atoms with Crippen LogP contribution in [-0.2, 0) is 13.0 Å². The first-order valence-corrected chi connectivity index (χ1v) is 3.83. The summed E-state index contributed by atoms with van der Waals surface area (Å²) in [5.74, 6) is 1.51. The smallest absolute Gasteiger partial charge is 0.252 e. The normalized spacial score (nSPS) is 10.5. The lowest BCUT2D eigenvalue weighted by molar-refractivity contribution is 0.222. The standard InChI is InChI=1S/C8H8N2O3/c11-5-8-9-7(10-13-8)4-6-2-1-3-12-6/h1-3,11H,4-5H2. The predicted molar refractivity (Wildman–Crippen MR) is 41.7 cm³/mol. The molecule has 2 rings (SSSR count). The second-order valence-corrected chi connectivity index (χ2v) is 2.52. The molecule has 0 atom stereocenters. The maximum atomic E-state index is 8.66. The zero-order valence-electron chi connectivity index (χ0n) is 6.80. The molecule has 68 valence electrons. The average molecular weight is 180 g/mol. The number of hydrogen-bond donors (Lipinski definition) is 1. The first-order valence-electron chi connectivity index (χ1n) is 3.83. The lowest BCUT2D eigenvalue weighted by Crippen LogP contribution is -1.89. The van der Waals surface area contributed by atoms with E-state index in [1.165, 1.54) is 0 Å². The van der Waals surface area contributed by atoms with Crippen LogP contribution in [0.15, 0.2) is 27.3 Å². The summed E-state index contributed by atoms with van der Waals surface area (Å²) in [6.07, 6.45) is 2.07. The van der Waals surface area contributed by atoms with Gasteiger partial charge in [-0.1, -0.05) is 5.16 Å². The van der Waals surface area contributed by atoms with Crippen LogP contribution in [0.4, 0.5) is 0 Å². The fourth-order valence-corrected chi connectivity index (χ4v) is 0.995. The lowest BCUT2D eigenvalue weighted by Gasteiger charge is -1.86. The summed E-state index contributed by atoms with van der Waals surface area (Å²) in [7, 11) is 0. The Bertz CT molecular complexity index is 366. The Hall–Kier alpha value is -1.62. The molecule has 2 aromatic heterocycles. The van der Waals surface area contributed by atoms with E-state index in [0.29, 0.717) is 12.2 Å². The van der Waals surface area contributed by atoms with Gasteiger partial charge in [0.25, 0.3) is 5.89 Å². The maximum absolute atomic E-state index is 8.66. The van der Waals surface area contributed by atoms with Crippen molar-refractivity contribution in [3.05, 3.63) is 35.9 Å². The molecule has 0 saturated carbocycles. The number of aromatic nitrogens is 2. The molecule has 0 radical (unpaired) electrons. The third kappa shape index (κ3) is 1.75. The first-order chi connectivity index (χ1) is 6.38. The van der Waals surface area contributed by atoms with E-state index in [9.17, 15) is 0 Å². The molecule has 0 aromatic carbocycles. The van der Waals surface area contributed by atoms with Crippen molar-refractivity contribution in [2.75, 3.05) is 0 Å². The molecule has 0 fully saturated rings. The van der Waals surface area contributed by atoms with Gasteiger partial charge in [-0.15, -0.1) is 0 Å². The Morgan fingerprint density at radius 1 is 1.46 bits per heavy atom. The van der Waals surface area contributed by atoms with Crippen molar-refractivity contribution < 1.29 is 14.0 Å². The van der Waals surface area contributed by atoms with Crippen molar-refractivity contribution >= 4 is 0 Å². The molecule has 0 bridgehead atoms. The molecule has 0 aliphatic heterocycles. The molecule has 1 N–H and O–H groups in total. The monoisotopic (exact) mass is 180 g/mol. The van der Waals surface area contributed by atoms with E-state index in [2.05, 4.69) is 10.1 Å². The Labute approximate surface area is 74.0 Å². The fourth-order valence-electron chi connectivity index (χ4n) is 0.995. The predicted octanol–water partition coefficient (Wildman–Crippen LogP) is 0.746. The quantitative estimate of drug-likeness (QED) is 0.754. The van der Waals surface area contributed by atoms with Gasteiger partial charge < -0.3 is 14.0 Å². The van der Waals surface area contributed by atoms with Gasteiger partial charge in [-0.25, -0.2) is 0 Å². The van der Waals surface area contributed by atoms with Gasteiger partial charge in [0.1, 0.15) is 12.4 Å². The van der Waals surface area contributed by atoms with Crippen LogP contribution in [0.3, 0.4) is 0 Å². The zero-order chi connectivity index (χ0) is 9.10. The summed E-state index contributed by atoms with van der Waals surface area (Å²) in [5.41, 5.74) is 0. The molecule has 2 heterocycles. The van der Waals surface area contributed by atoms with Crippen molar-refractivity contribution in [2.24, 2.45) is 0 Å². The highest BCUT2D eigenvalue weighted by atomic mass is 16.5. The van der Waals surface area contributed by atoms with Gasteiger partial charge in [0.2, 0.25) is 0 Å². The van der Waals surface area contributed by atoms with Gasteiger partial charge in [-0.05, 0) is 12.1 Å². The summed E-state index contributed by atoms with van der Waals surface area (Å²) < 4.78 is 9.81. The molecule has 5 heteroatoms. The molecule has 0 amide bonds. The van der Waals surface area contributed by atoms with Crippen LogP contribution in [0, 0.1) is 0 Å². The van der Waals surface area contributed by atoms with E-state index in [1.807, 2.05) is 6.07 Å². The highest BCUT2D eigenvalue weighted by molar-refractivity contribution is 5.05. The second-order valence-electron chi connectivity index (χ2n) is 2.52. The van der Waals surface area contributed by atoms with E-state index < -0.39 is 0 Å². The van der Waals surface area contributed by atoms with Crippen molar-refractivity contribution in [3.63, 3.8) is 0 Å². The minimum absolute atomic E-state index is 0.224. The van der Waals surface area contributed by atoms with Crippen LogP contribution >= 0.6 is 0 Å². The Morgan fingerprint density at radius 3 is 3.00 bits per heavy atom. The highest BCUT2D eigenvalue weighted by Crippen LogP contribution is 2.06. The zero-order valence-corrected chi connectivity index (χ0v) is 6.80. The van der Waals surface area contributed by atoms with E-state index in [1.54, 1.807) is 12.3 Å². The number of hydrogen-bond acceptors (Lipinski definition) is 5. The number of rotatable bonds is 3. The summed E-state index contributed by atoms with van der Waals surface area (Å²) >= 11 is 0.